The first-order chi connectivity index (χ1) is 15.3. The maximum atomic E-state index is 14.7. The molecule has 3 heterocycles. The van der Waals surface area contributed by atoms with E-state index < -0.39 is 11.6 Å². The minimum absolute atomic E-state index is 0.111. The van der Waals surface area contributed by atoms with Gasteiger partial charge in [-0.15, -0.1) is 0 Å². The van der Waals surface area contributed by atoms with E-state index >= 15 is 0 Å². The highest BCUT2D eigenvalue weighted by molar-refractivity contribution is 6.35. The van der Waals surface area contributed by atoms with Gasteiger partial charge in [0.15, 0.2) is 5.75 Å². The first kappa shape index (κ1) is 21.2. The second-order valence-corrected chi connectivity index (χ2v) is 8.87. The number of ether oxygens (including phenoxy) is 1. The molecule has 32 heavy (non-hydrogen) atoms. The Kier molecular flexibility index (Phi) is 5.29. The fourth-order valence-corrected chi connectivity index (χ4v) is 4.88. The summed E-state index contributed by atoms with van der Waals surface area (Å²) in [6.07, 6.45) is 0.592. The van der Waals surface area contributed by atoms with E-state index in [4.69, 9.17) is 16.3 Å². The third-order valence-corrected chi connectivity index (χ3v) is 6.46. The molecule has 0 aliphatic carbocycles. The largest absolute Gasteiger partial charge is 0.491 e. The number of rotatable bonds is 2. The van der Waals surface area contributed by atoms with Crippen LogP contribution in [0.1, 0.15) is 20.3 Å². The molecular formula is C23H23ClF2N4O2. The van der Waals surface area contributed by atoms with Gasteiger partial charge in [-0.05, 0) is 38.5 Å². The second-order valence-electron chi connectivity index (χ2n) is 8.47. The fraction of sp³-hybridized carbons (Fsp3) is 0.391. The molecule has 2 aromatic carbocycles. The van der Waals surface area contributed by atoms with Gasteiger partial charge in [-0.2, -0.15) is 4.98 Å². The van der Waals surface area contributed by atoms with Crippen LogP contribution in [0.25, 0.3) is 22.0 Å². The Morgan fingerprint density at radius 1 is 1.25 bits per heavy atom. The summed E-state index contributed by atoms with van der Waals surface area (Å²) in [5, 5.41) is 4.36. The Balaban J connectivity index is 1.84. The lowest BCUT2D eigenvalue weighted by molar-refractivity contribution is 0.316. The summed E-state index contributed by atoms with van der Waals surface area (Å²) < 4.78 is 35.9. The van der Waals surface area contributed by atoms with Crippen LogP contribution in [-0.2, 0) is 6.54 Å². The average molecular weight is 461 g/mol. The van der Waals surface area contributed by atoms with Crippen molar-refractivity contribution in [3.63, 3.8) is 0 Å². The van der Waals surface area contributed by atoms with Crippen LogP contribution in [0.2, 0.25) is 5.02 Å². The first-order valence-electron chi connectivity index (χ1n) is 10.7. The average Bonchev–Trinajstić information content (AvgIpc) is 2.97. The van der Waals surface area contributed by atoms with Gasteiger partial charge < -0.3 is 15.0 Å². The predicted molar refractivity (Wildman–Crippen MR) is 121 cm³/mol. The zero-order valence-electron chi connectivity index (χ0n) is 17.8. The Morgan fingerprint density at radius 2 is 2.06 bits per heavy atom. The SMILES string of the molecule is C[C@@H]1CN(c2nc(=O)n3c4c(c(-c5ccc(F)cc5F)c(Cl)cc24)OCCC3)[C@@H](C)CN1. The van der Waals surface area contributed by atoms with Crippen molar-refractivity contribution in [3.8, 4) is 16.9 Å². The van der Waals surface area contributed by atoms with Crippen LogP contribution in [-0.4, -0.2) is 41.3 Å². The van der Waals surface area contributed by atoms with E-state index in [1.165, 1.54) is 12.1 Å². The van der Waals surface area contributed by atoms with Crippen molar-refractivity contribution in [1.29, 1.82) is 0 Å². The summed E-state index contributed by atoms with van der Waals surface area (Å²) in [7, 11) is 0. The van der Waals surface area contributed by atoms with Crippen LogP contribution in [0.4, 0.5) is 14.6 Å². The summed E-state index contributed by atoms with van der Waals surface area (Å²) in [5.74, 6) is -0.558. The Morgan fingerprint density at radius 3 is 2.84 bits per heavy atom. The monoisotopic (exact) mass is 460 g/mol. The summed E-state index contributed by atoms with van der Waals surface area (Å²) >= 11 is 6.69. The number of halogens is 3. The maximum absolute atomic E-state index is 14.7. The molecular weight excluding hydrogens is 438 g/mol. The Hall–Kier alpha value is -2.71. The molecule has 0 bridgehead atoms. The third-order valence-electron chi connectivity index (χ3n) is 6.16. The molecule has 1 saturated heterocycles. The zero-order valence-corrected chi connectivity index (χ0v) is 18.5. The van der Waals surface area contributed by atoms with E-state index in [1.54, 1.807) is 10.6 Å². The van der Waals surface area contributed by atoms with Crippen LogP contribution in [0.15, 0.2) is 29.1 Å². The zero-order chi connectivity index (χ0) is 22.6. The smallest absolute Gasteiger partial charge is 0.350 e. The molecule has 0 amide bonds. The fourth-order valence-electron chi connectivity index (χ4n) is 4.59. The number of benzene rings is 2. The van der Waals surface area contributed by atoms with Gasteiger partial charge in [-0.25, -0.2) is 13.6 Å². The lowest BCUT2D eigenvalue weighted by atomic mass is 10.0. The van der Waals surface area contributed by atoms with Crippen molar-refractivity contribution in [2.24, 2.45) is 0 Å². The number of piperazine rings is 1. The van der Waals surface area contributed by atoms with Crippen molar-refractivity contribution < 1.29 is 13.5 Å². The van der Waals surface area contributed by atoms with E-state index in [2.05, 4.69) is 29.0 Å². The second kappa shape index (κ2) is 8.01. The van der Waals surface area contributed by atoms with Gasteiger partial charge in [0.25, 0.3) is 0 Å². The highest BCUT2D eigenvalue weighted by atomic mass is 35.5. The summed E-state index contributed by atoms with van der Waals surface area (Å²) in [6.45, 7) is 6.34. The molecule has 2 aliphatic heterocycles. The summed E-state index contributed by atoms with van der Waals surface area (Å²) in [5.41, 5.74) is 0.590. The summed E-state index contributed by atoms with van der Waals surface area (Å²) in [4.78, 5) is 19.6. The minimum atomic E-state index is -0.747. The van der Waals surface area contributed by atoms with E-state index in [9.17, 15) is 13.6 Å². The van der Waals surface area contributed by atoms with Gasteiger partial charge in [0.2, 0.25) is 0 Å². The van der Waals surface area contributed by atoms with E-state index in [1.807, 2.05) is 0 Å². The molecule has 9 heteroatoms. The summed E-state index contributed by atoms with van der Waals surface area (Å²) in [6, 6.07) is 5.38. The van der Waals surface area contributed by atoms with Crippen molar-refractivity contribution in [2.45, 2.75) is 38.9 Å². The van der Waals surface area contributed by atoms with Crippen molar-refractivity contribution in [3.05, 3.63) is 51.4 Å². The quantitative estimate of drug-likeness (QED) is 0.627. The van der Waals surface area contributed by atoms with Gasteiger partial charge in [0, 0.05) is 54.3 Å². The standard InChI is InChI=1S/C23H23ClF2N4O2/c1-12-11-30(13(2)10-27-12)22-16-9-17(24)19(15-5-4-14(25)8-18(15)26)21-20(16)29(23(31)28-22)6-3-7-32-21/h4-5,8-9,12-13,27H,3,6-7,10-11H2,1-2H3/t12-,13+/m1/s1. The number of nitrogens with one attached hydrogen (secondary N) is 1. The third kappa shape index (κ3) is 3.42. The number of hydrogen-bond donors (Lipinski definition) is 1. The topological polar surface area (TPSA) is 59.4 Å². The number of aromatic nitrogens is 2. The van der Waals surface area contributed by atoms with Gasteiger partial charge >= 0.3 is 5.69 Å². The minimum Gasteiger partial charge on any atom is -0.491 e. The van der Waals surface area contributed by atoms with Crippen molar-refractivity contribution in [2.75, 3.05) is 24.6 Å². The number of hydrogen-bond acceptors (Lipinski definition) is 5. The van der Waals surface area contributed by atoms with Crippen LogP contribution >= 0.6 is 11.6 Å². The maximum Gasteiger partial charge on any atom is 0.350 e. The molecule has 0 unspecified atom stereocenters. The Labute approximate surface area is 188 Å². The van der Waals surface area contributed by atoms with Gasteiger partial charge in [0.1, 0.15) is 17.5 Å². The molecule has 0 radical (unpaired) electrons. The molecule has 2 aliphatic rings. The van der Waals surface area contributed by atoms with Crippen molar-refractivity contribution in [1.82, 2.24) is 14.9 Å². The van der Waals surface area contributed by atoms with E-state index in [0.717, 1.165) is 12.6 Å². The number of aryl methyl sites for hydroxylation is 1. The van der Waals surface area contributed by atoms with Crippen molar-refractivity contribution >= 4 is 28.3 Å². The number of nitrogens with zero attached hydrogens (tertiary/aromatic N) is 3. The molecule has 0 saturated carbocycles. The highest BCUT2D eigenvalue weighted by Crippen LogP contribution is 2.45. The van der Waals surface area contributed by atoms with E-state index in [0.29, 0.717) is 54.2 Å². The Bertz CT molecular complexity index is 1280. The van der Waals surface area contributed by atoms with E-state index in [-0.39, 0.29) is 28.4 Å². The van der Waals surface area contributed by atoms with Crippen LogP contribution in [0.5, 0.6) is 5.75 Å². The molecule has 1 N–H and O–H groups in total. The molecule has 5 rings (SSSR count). The lowest BCUT2D eigenvalue weighted by Gasteiger charge is -2.39. The number of anilines is 1. The lowest BCUT2D eigenvalue weighted by Crippen LogP contribution is -2.55. The molecule has 0 spiro atoms. The predicted octanol–water partition coefficient (Wildman–Crippen LogP) is 3.96. The molecule has 168 valence electrons. The van der Waals surface area contributed by atoms with Crippen LogP contribution in [0, 0.1) is 11.6 Å². The first-order valence-corrected chi connectivity index (χ1v) is 11.1. The van der Waals surface area contributed by atoms with Gasteiger partial charge in [-0.3, -0.25) is 4.57 Å². The molecule has 1 fully saturated rings. The van der Waals surface area contributed by atoms with Crippen LogP contribution < -0.4 is 20.6 Å². The molecule has 3 aromatic rings. The molecule has 1 aromatic heterocycles. The highest BCUT2D eigenvalue weighted by Gasteiger charge is 2.30. The van der Waals surface area contributed by atoms with Crippen LogP contribution in [0.3, 0.4) is 0 Å². The normalized spacial score (nSPS) is 20.8. The molecule has 2 atom stereocenters. The van der Waals surface area contributed by atoms with Gasteiger partial charge in [0.05, 0.1) is 17.1 Å². The van der Waals surface area contributed by atoms with Gasteiger partial charge in [-0.1, -0.05) is 11.6 Å². The molecule has 6 nitrogen and oxygen atoms in total.